The van der Waals surface area contributed by atoms with Gasteiger partial charge < -0.3 is 4.74 Å². The van der Waals surface area contributed by atoms with Gasteiger partial charge in [0.05, 0.1) is 6.61 Å². The maximum absolute atomic E-state index is 5.92. The van der Waals surface area contributed by atoms with Crippen LogP contribution in [0.15, 0.2) is 48.5 Å². The molecule has 0 spiro atoms. The second-order valence-corrected chi connectivity index (χ2v) is 4.42. The molecule has 0 radical (unpaired) electrons. The van der Waals surface area contributed by atoms with E-state index in [0.717, 1.165) is 17.2 Å². The van der Waals surface area contributed by atoms with Crippen LogP contribution in [0.4, 0.5) is 0 Å². The van der Waals surface area contributed by atoms with Crippen LogP contribution in [0, 0.1) is 6.92 Å². The van der Waals surface area contributed by atoms with Gasteiger partial charge in [-0.05, 0) is 42.3 Å². The van der Waals surface area contributed by atoms with Gasteiger partial charge in [0.1, 0.15) is 5.75 Å². The number of para-hydroxylation sites is 1. The van der Waals surface area contributed by atoms with Crippen molar-refractivity contribution in [2.75, 3.05) is 6.61 Å². The number of rotatable bonds is 4. The van der Waals surface area contributed by atoms with Gasteiger partial charge in [0.2, 0.25) is 0 Å². The van der Waals surface area contributed by atoms with E-state index in [2.05, 4.69) is 13.0 Å². The second-order valence-electron chi connectivity index (χ2n) is 3.98. The van der Waals surface area contributed by atoms with Crippen LogP contribution >= 0.6 is 11.6 Å². The highest BCUT2D eigenvalue weighted by Gasteiger charge is 2.00. The van der Waals surface area contributed by atoms with Crippen LogP contribution in [0.2, 0.25) is 5.02 Å². The minimum atomic E-state index is 0.687. The van der Waals surface area contributed by atoms with Gasteiger partial charge >= 0.3 is 0 Å². The maximum Gasteiger partial charge on any atom is 0.119 e. The molecule has 2 rings (SSSR count). The first kappa shape index (κ1) is 12.0. The highest BCUT2D eigenvalue weighted by atomic mass is 35.5. The Morgan fingerprint density at radius 2 is 1.82 bits per heavy atom. The summed E-state index contributed by atoms with van der Waals surface area (Å²) in [7, 11) is 0. The molecule has 0 aliphatic rings. The average molecular weight is 247 g/mol. The van der Waals surface area contributed by atoms with Gasteiger partial charge in [-0.1, -0.05) is 35.9 Å². The molecule has 2 aromatic carbocycles. The standard InChI is InChI=1S/C15H15ClO/c1-12-11-14(16)8-7-13(12)9-10-17-15-5-3-2-4-6-15/h2-8,11H,9-10H2,1H3. The lowest BCUT2D eigenvalue weighted by atomic mass is 10.1. The van der Waals surface area contributed by atoms with Crippen molar-refractivity contribution in [2.45, 2.75) is 13.3 Å². The minimum Gasteiger partial charge on any atom is -0.493 e. The van der Waals surface area contributed by atoms with Crippen LogP contribution < -0.4 is 4.74 Å². The Kier molecular flexibility index (Phi) is 4.05. The van der Waals surface area contributed by atoms with E-state index >= 15 is 0 Å². The number of halogens is 1. The van der Waals surface area contributed by atoms with E-state index in [1.807, 2.05) is 42.5 Å². The molecule has 0 aliphatic heterocycles. The normalized spacial score (nSPS) is 10.2. The Hall–Kier alpha value is -1.47. The number of hydrogen-bond donors (Lipinski definition) is 0. The van der Waals surface area contributed by atoms with Gasteiger partial charge in [0, 0.05) is 11.4 Å². The van der Waals surface area contributed by atoms with Crippen molar-refractivity contribution in [3.05, 3.63) is 64.7 Å². The first-order chi connectivity index (χ1) is 8.25. The third-order valence-corrected chi connectivity index (χ3v) is 2.92. The van der Waals surface area contributed by atoms with Crippen LogP contribution in [0.3, 0.4) is 0 Å². The summed E-state index contributed by atoms with van der Waals surface area (Å²) in [6.07, 6.45) is 0.901. The molecular weight excluding hydrogens is 232 g/mol. The van der Waals surface area contributed by atoms with E-state index in [4.69, 9.17) is 16.3 Å². The smallest absolute Gasteiger partial charge is 0.119 e. The Bertz CT molecular complexity index is 480. The zero-order valence-corrected chi connectivity index (χ0v) is 10.6. The van der Waals surface area contributed by atoms with Crippen molar-refractivity contribution in [2.24, 2.45) is 0 Å². The van der Waals surface area contributed by atoms with Gasteiger partial charge in [-0.15, -0.1) is 0 Å². The van der Waals surface area contributed by atoms with E-state index in [9.17, 15) is 0 Å². The number of ether oxygens (including phenoxy) is 1. The topological polar surface area (TPSA) is 9.23 Å². The van der Waals surface area contributed by atoms with Gasteiger partial charge in [-0.3, -0.25) is 0 Å². The Morgan fingerprint density at radius 3 is 2.53 bits per heavy atom. The second kappa shape index (κ2) is 5.74. The van der Waals surface area contributed by atoms with E-state index < -0.39 is 0 Å². The molecule has 0 N–H and O–H groups in total. The molecular formula is C15H15ClO. The molecule has 0 aliphatic carbocycles. The highest BCUT2D eigenvalue weighted by molar-refractivity contribution is 6.30. The summed E-state index contributed by atoms with van der Waals surface area (Å²) in [6.45, 7) is 2.76. The van der Waals surface area contributed by atoms with E-state index in [-0.39, 0.29) is 0 Å². The van der Waals surface area contributed by atoms with E-state index in [0.29, 0.717) is 6.61 Å². The molecule has 0 unspecified atom stereocenters. The van der Waals surface area contributed by atoms with Crippen molar-refractivity contribution < 1.29 is 4.74 Å². The molecule has 0 aromatic heterocycles. The first-order valence-corrected chi connectivity index (χ1v) is 6.06. The van der Waals surface area contributed by atoms with Crippen molar-refractivity contribution in [3.8, 4) is 5.75 Å². The summed E-state index contributed by atoms with van der Waals surface area (Å²) in [5.41, 5.74) is 2.50. The predicted octanol–water partition coefficient (Wildman–Crippen LogP) is 4.27. The lowest BCUT2D eigenvalue weighted by molar-refractivity contribution is 0.321. The zero-order valence-electron chi connectivity index (χ0n) is 9.82. The Balaban J connectivity index is 1.90. The van der Waals surface area contributed by atoms with E-state index in [1.54, 1.807) is 0 Å². The number of hydrogen-bond acceptors (Lipinski definition) is 1. The molecule has 0 amide bonds. The van der Waals surface area contributed by atoms with Crippen LogP contribution in [-0.2, 0) is 6.42 Å². The zero-order chi connectivity index (χ0) is 12.1. The quantitative estimate of drug-likeness (QED) is 0.783. The molecule has 0 saturated heterocycles. The Morgan fingerprint density at radius 1 is 1.06 bits per heavy atom. The molecule has 88 valence electrons. The van der Waals surface area contributed by atoms with Gasteiger partial charge in [0.15, 0.2) is 0 Å². The molecule has 1 nitrogen and oxygen atoms in total. The van der Waals surface area contributed by atoms with Crippen molar-refractivity contribution in [1.29, 1.82) is 0 Å². The third kappa shape index (κ3) is 3.50. The SMILES string of the molecule is Cc1cc(Cl)ccc1CCOc1ccccc1. The summed E-state index contributed by atoms with van der Waals surface area (Å²) >= 11 is 5.92. The molecule has 0 atom stereocenters. The van der Waals surface area contributed by atoms with E-state index in [1.165, 1.54) is 11.1 Å². The van der Waals surface area contributed by atoms with Gasteiger partial charge in [-0.2, -0.15) is 0 Å². The predicted molar refractivity (Wildman–Crippen MR) is 71.8 cm³/mol. The van der Waals surface area contributed by atoms with Crippen LogP contribution in [0.25, 0.3) is 0 Å². The van der Waals surface area contributed by atoms with Crippen molar-refractivity contribution in [3.63, 3.8) is 0 Å². The fraction of sp³-hybridized carbons (Fsp3) is 0.200. The summed E-state index contributed by atoms with van der Waals surface area (Å²) in [6, 6.07) is 15.8. The van der Waals surface area contributed by atoms with Crippen LogP contribution in [0.5, 0.6) is 5.75 Å². The van der Waals surface area contributed by atoms with Gasteiger partial charge in [-0.25, -0.2) is 0 Å². The van der Waals surface area contributed by atoms with Crippen molar-refractivity contribution >= 4 is 11.6 Å². The Labute approximate surface area is 107 Å². The largest absolute Gasteiger partial charge is 0.493 e. The maximum atomic E-state index is 5.92. The van der Waals surface area contributed by atoms with Gasteiger partial charge in [0.25, 0.3) is 0 Å². The summed E-state index contributed by atoms with van der Waals surface area (Å²) in [5.74, 6) is 0.916. The molecule has 2 aromatic rings. The fourth-order valence-corrected chi connectivity index (χ4v) is 1.96. The summed E-state index contributed by atoms with van der Waals surface area (Å²) < 4.78 is 5.66. The monoisotopic (exact) mass is 246 g/mol. The molecule has 0 saturated carbocycles. The summed E-state index contributed by atoms with van der Waals surface area (Å²) in [5, 5.41) is 0.787. The van der Waals surface area contributed by atoms with Crippen molar-refractivity contribution in [1.82, 2.24) is 0 Å². The molecule has 0 bridgehead atoms. The lowest BCUT2D eigenvalue weighted by Gasteiger charge is -2.08. The fourth-order valence-electron chi connectivity index (χ4n) is 1.74. The molecule has 0 heterocycles. The third-order valence-electron chi connectivity index (χ3n) is 2.69. The number of aryl methyl sites for hydroxylation is 1. The molecule has 2 heteroatoms. The highest BCUT2D eigenvalue weighted by Crippen LogP contribution is 2.16. The van der Waals surface area contributed by atoms with Crippen LogP contribution in [0.1, 0.15) is 11.1 Å². The first-order valence-electron chi connectivity index (χ1n) is 5.68. The lowest BCUT2D eigenvalue weighted by Crippen LogP contribution is -2.02. The van der Waals surface area contributed by atoms with Crippen LogP contribution in [-0.4, -0.2) is 6.61 Å². The molecule has 17 heavy (non-hydrogen) atoms. The number of benzene rings is 2. The minimum absolute atomic E-state index is 0.687. The molecule has 0 fully saturated rings. The summed E-state index contributed by atoms with van der Waals surface area (Å²) in [4.78, 5) is 0. The average Bonchev–Trinajstić information content (AvgIpc) is 2.33.